The molecule has 2 rings (SSSR count). The van der Waals surface area contributed by atoms with Crippen LogP contribution in [0, 0.1) is 11.6 Å². The Bertz CT molecular complexity index is 585. The van der Waals surface area contributed by atoms with Crippen molar-refractivity contribution in [3.8, 4) is 0 Å². The predicted octanol–water partition coefficient (Wildman–Crippen LogP) is 3.97. The lowest BCUT2D eigenvalue weighted by molar-refractivity contribution is -0.115. The fourth-order valence-corrected chi connectivity index (χ4v) is 2.87. The molecular weight excluding hydrogens is 324 g/mol. The molecule has 0 bridgehead atoms. The summed E-state index contributed by atoms with van der Waals surface area (Å²) in [6.07, 6.45) is 0.160. The summed E-state index contributed by atoms with van der Waals surface area (Å²) < 4.78 is 26.9. The van der Waals surface area contributed by atoms with Gasteiger partial charge in [-0.05, 0) is 40.2 Å². The number of anilines is 1. The Balaban J connectivity index is 2.03. The van der Waals surface area contributed by atoms with Gasteiger partial charge in [-0.3, -0.25) is 4.79 Å². The molecule has 1 heterocycles. The van der Waals surface area contributed by atoms with Crippen molar-refractivity contribution in [2.24, 2.45) is 0 Å². The number of rotatable bonds is 3. The summed E-state index contributed by atoms with van der Waals surface area (Å²) in [4.78, 5) is 12.5. The quantitative estimate of drug-likeness (QED) is 0.905. The molecule has 0 aliphatic heterocycles. The molecule has 18 heavy (non-hydrogen) atoms. The van der Waals surface area contributed by atoms with Gasteiger partial charge in [-0.2, -0.15) is 0 Å². The second-order valence-electron chi connectivity index (χ2n) is 3.55. The molecule has 0 aliphatic rings. The summed E-state index contributed by atoms with van der Waals surface area (Å²) in [5.74, 6) is -1.79. The number of hydrogen-bond donors (Lipinski definition) is 1. The number of hydrogen-bond acceptors (Lipinski definition) is 2. The number of benzene rings is 1. The smallest absolute Gasteiger partial charge is 0.229 e. The predicted molar refractivity (Wildman–Crippen MR) is 70.7 cm³/mol. The normalized spacial score (nSPS) is 10.4. The van der Waals surface area contributed by atoms with E-state index < -0.39 is 11.6 Å². The van der Waals surface area contributed by atoms with Gasteiger partial charge in [0, 0.05) is 10.9 Å². The summed E-state index contributed by atoms with van der Waals surface area (Å²) in [6.45, 7) is 0. The summed E-state index contributed by atoms with van der Waals surface area (Å²) in [5, 5.41) is 2.41. The maximum atomic E-state index is 13.3. The molecular formula is C12H8BrF2NOS. The van der Waals surface area contributed by atoms with Crippen molar-refractivity contribution in [2.45, 2.75) is 6.42 Å². The summed E-state index contributed by atoms with van der Waals surface area (Å²) in [5.41, 5.74) is -0.0166. The molecule has 1 N–H and O–H groups in total. The Kier molecular flexibility index (Phi) is 4.08. The van der Waals surface area contributed by atoms with Crippen LogP contribution in [0.25, 0.3) is 0 Å². The minimum absolute atomic E-state index is 0.0166. The standard InChI is InChI=1S/C12H8BrF2NOS/c13-11-4-2-8(18-11)6-12(17)16-10-3-1-7(14)5-9(10)15/h1-5H,6H2,(H,16,17). The van der Waals surface area contributed by atoms with E-state index in [1.807, 2.05) is 12.1 Å². The monoisotopic (exact) mass is 331 g/mol. The first-order chi connectivity index (χ1) is 8.54. The van der Waals surface area contributed by atoms with Crippen LogP contribution in [0.4, 0.5) is 14.5 Å². The molecule has 0 saturated heterocycles. The van der Waals surface area contributed by atoms with E-state index in [2.05, 4.69) is 21.2 Å². The van der Waals surface area contributed by atoms with Crippen LogP contribution in [-0.4, -0.2) is 5.91 Å². The first kappa shape index (κ1) is 13.2. The van der Waals surface area contributed by atoms with Gasteiger partial charge < -0.3 is 5.32 Å². The lowest BCUT2D eigenvalue weighted by Gasteiger charge is -2.05. The van der Waals surface area contributed by atoms with Crippen LogP contribution in [0.15, 0.2) is 34.1 Å². The topological polar surface area (TPSA) is 29.1 Å². The highest BCUT2D eigenvalue weighted by Crippen LogP contribution is 2.23. The third-order valence-electron chi connectivity index (χ3n) is 2.17. The molecule has 0 atom stereocenters. The molecule has 0 saturated carbocycles. The average Bonchev–Trinajstić information content (AvgIpc) is 2.68. The number of nitrogens with one attached hydrogen (secondary N) is 1. The minimum atomic E-state index is -0.782. The van der Waals surface area contributed by atoms with E-state index in [1.54, 1.807) is 0 Å². The van der Waals surface area contributed by atoms with Crippen LogP contribution in [0.3, 0.4) is 0 Å². The van der Waals surface area contributed by atoms with Gasteiger partial charge in [-0.15, -0.1) is 11.3 Å². The average molecular weight is 332 g/mol. The molecule has 1 aromatic heterocycles. The SMILES string of the molecule is O=C(Cc1ccc(Br)s1)Nc1ccc(F)cc1F. The number of amides is 1. The zero-order valence-corrected chi connectivity index (χ0v) is 11.4. The van der Waals surface area contributed by atoms with Gasteiger partial charge in [0.05, 0.1) is 15.9 Å². The zero-order valence-electron chi connectivity index (χ0n) is 9.04. The number of thiophene rings is 1. The van der Waals surface area contributed by atoms with Crippen molar-refractivity contribution >= 4 is 38.9 Å². The van der Waals surface area contributed by atoms with Gasteiger partial charge >= 0.3 is 0 Å². The summed E-state index contributed by atoms with van der Waals surface area (Å²) in [6, 6.07) is 6.69. The van der Waals surface area contributed by atoms with Crippen molar-refractivity contribution < 1.29 is 13.6 Å². The Morgan fingerprint density at radius 3 is 2.67 bits per heavy atom. The van der Waals surface area contributed by atoms with Gasteiger partial charge in [0.2, 0.25) is 5.91 Å². The van der Waals surface area contributed by atoms with Crippen molar-refractivity contribution in [3.63, 3.8) is 0 Å². The molecule has 0 spiro atoms. The van der Waals surface area contributed by atoms with Gasteiger partial charge in [0.1, 0.15) is 11.6 Å². The van der Waals surface area contributed by atoms with Gasteiger partial charge in [0.25, 0.3) is 0 Å². The third kappa shape index (κ3) is 3.36. The Labute approximate surface area is 115 Å². The second kappa shape index (κ2) is 5.58. The number of halogens is 3. The Morgan fingerprint density at radius 1 is 1.28 bits per heavy atom. The van der Waals surface area contributed by atoms with Crippen LogP contribution in [0.2, 0.25) is 0 Å². The lowest BCUT2D eigenvalue weighted by atomic mass is 10.2. The highest BCUT2D eigenvalue weighted by molar-refractivity contribution is 9.11. The maximum Gasteiger partial charge on any atom is 0.229 e. The maximum absolute atomic E-state index is 13.3. The summed E-state index contributed by atoms with van der Waals surface area (Å²) in [7, 11) is 0. The van der Waals surface area contributed by atoms with E-state index in [0.29, 0.717) is 0 Å². The first-order valence-electron chi connectivity index (χ1n) is 5.04. The molecule has 0 fully saturated rings. The van der Waals surface area contributed by atoms with Gasteiger partial charge in [-0.25, -0.2) is 8.78 Å². The largest absolute Gasteiger partial charge is 0.323 e. The molecule has 94 valence electrons. The lowest BCUT2D eigenvalue weighted by Crippen LogP contribution is -2.14. The molecule has 0 unspecified atom stereocenters. The fraction of sp³-hybridized carbons (Fsp3) is 0.0833. The molecule has 2 nitrogen and oxygen atoms in total. The van der Waals surface area contributed by atoms with E-state index in [0.717, 1.165) is 20.8 Å². The minimum Gasteiger partial charge on any atom is -0.323 e. The van der Waals surface area contributed by atoms with Crippen LogP contribution >= 0.6 is 27.3 Å². The van der Waals surface area contributed by atoms with Crippen LogP contribution in [-0.2, 0) is 11.2 Å². The third-order valence-corrected chi connectivity index (χ3v) is 3.79. The molecule has 2 aromatic rings. The van der Waals surface area contributed by atoms with Crippen molar-refractivity contribution in [2.75, 3.05) is 5.32 Å². The molecule has 0 radical (unpaired) electrons. The second-order valence-corrected chi connectivity index (χ2v) is 6.10. The molecule has 6 heteroatoms. The van der Waals surface area contributed by atoms with E-state index in [9.17, 15) is 13.6 Å². The first-order valence-corrected chi connectivity index (χ1v) is 6.64. The van der Waals surface area contributed by atoms with Crippen molar-refractivity contribution in [3.05, 3.63) is 50.6 Å². The summed E-state index contributed by atoms with van der Waals surface area (Å²) >= 11 is 4.73. The highest BCUT2D eigenvalue weighted by atomic mass is 79.9. The highest BCUT2D eigenvalue weighted by Gasteiger charge is 2.09. The van der Waals surface area contributed by atoms with E-state index in [1.165, 1.54) is 17.4 Å². The number of carbonyl (C=O) groups is 1. The Morgan fingerprint density at radius 2 is 2.06 bits per heavy atom. The fourth-order valence-electron chi connectivity index (χ4n) is 1.39. The van der Waals surface area contributed by atoms with Crippen LogP contribution in [0.1, 0.15) is 4.88 Å². The zero-order chi connectivity index (χ0) is 13.1. The molecule has 0 aliphatic carbocycles. The Hall–Kier alpha value is -1.27. The van der Waals surface area contributed by atoms with Gasteiger partial charge in [-0.1, -0.05) is 0 Å². The molecule has 1 amide bonds. The molecule has 1 aromatic carbocycles. The van der Waals surface area contributed by atoms with Crippen molar-refractivity contribution in [1.82, 2.24) is 0 Å². The van der Waals surface area contributed by atoms with Crippen LogP contribution < -0.4 is 5.32 Å². The van der Waals surface area contributed by atoms with E-state index in [4.69, 9.17) is 0 Å². The van der Waals surface area contributed by atoms with Gasteiger partial charge in [0.15, 0.2) is 0 Å². The van der Waals surface area contributed by atoms with E-state index >= 15 is 0 Å². The van der Waals surface area contributed by atoms with Crippen LogP contribution in [0.5, 0.6) is 0 Å². The van der Waals surface area contributed by atoms with E-state index in [-0.39, 0.29) is 18.0 Å². The van der Waals surface area contributed by atoms with Crippen molar-refractivity contribution in [1.29, 1.82) is 0 Å². The number of carbonyl (C=O) groups excluding carboxylic acids is 1.